The highest BCUT2D eigenvalue weighted by atomic mass is 35.5. The second-order valence-electron chi connectivity index (χ2n) is 7.12. The van der Waals surface area contributed by atoms with E-state index in [0.29, 0.717) is 5.58 Å². The normalized spacial score (nSPS) is 16.1. The van der Waals surface area contributed by atoms with Crippen LogP contribution < -0.4 is 10.5 Å². The Bertz CT molecular complexity index is 1110. The zero-order chi connectivity index (χ0) is 20.7. The van der Waals surface area contributed by atoms with Gasteiger partial charge in [0.05, 0.1) is 16.7 Å². The fourth-order valence-corrected chi connectivity index (χ4v) is 3.82. The number of ether oxygens (including phenoxy) is 1. The molecule has 1 aliphatic heterocycles. The van der Waals surface area contributed by atoms with Crippen LogP contribution in [-0.4, -0.2) is 30.0 Å². The minimum absolute atomic E-state index is 0.0899. The van der Waals surface area contributed by atoms with Gasteiger partial charge in [-0.3, -0.25) is 0 Å². The maximum absolute atomic E-state index is 14.3. The van der Waals surface area contributed by atoms with Gasteiger partial charge in [0.15, 0.2) is 11.4 Å². The number of hydrogen-bond donors (Lipinski definition) is 1. The Kier molecular flexibility index (Phi) is 5.19. The molecule has 8 heteroatoms. The van der Waals surface area contributed by atoms with Crippen LogP contribution in [0.15, 0.2) is 35.1 Å². The van der Waals surface area contributed by atoms with Crippen LogP contribution in [0.4, 0.5) is 14.6 Å². The highest BCUT2D eigenvalue weighted by Gasteiger charge is 2.24. The summed E-state index contributed by atoms with van der Waals surface area (Å²) in [5.74, 6) is -1.12. The van der Waals surface area contributed by atoms with Gasteiger partial charge in [0.1, 0.15) is 17.7 Å². The zero-order valence-corrected chi connectivity index (χ0v) is 16.8. The third-order valence-electron chi connectivity index (χ3n) is 5.14. The first kappa shape index (κ1) is 19.7. The highest BCUT2D eigenvalue weighted by molar-refractivity contribution is 6.31. The number of nitrogens with zero attached hydrogens (tertiary/aromatic N) is 2. The number of likely N-dealkylation sites (N-methyl/N-ethyl adjacent to an activating group) is 1. The molecule has 0 radical (unpaired) electrons. The first-order valence-corrected chi connectivity index (χ1v) is 9.58. The van der Waals surface area contributed by atoms with Gasteiger partial charge in [-0.2, -0.15) is 0 Å². The van der Waals surface area contributed by atoms with Crippen molar-refractivity contribution >= 4 is 34.0 Å². The van der Waals surface area contributed by atoms with Crippen molar-refractivity contribution in [2.75, 3.05) is 25.9 Å². The van der Waals surface area contributed by atoms with Crippen LogP contribution in [0.2, 0.25) is 5.02 Å². The molecular weight excluding hydrogens is 400 g/mol. The predicted octanol–water partition coefficient (Wildman–Crippen LogP) is 5.20. The largest absolute Gasteiger partial charge is 0.478 e. The fraction of sp³-hybridized carbons (Fsp3) is 0.286. The first-order chi connectivity index (χ1) is 13.9. The quantitative estimate of drug-likeness (QED) is 0.589. The van der Waals surface area contributed by atoms with Gasteiger partial charge in [-0.1, -0.05) is 17.7 Å². The number of aromatic nitrogens is 1. The predicted molar refractivity (Wildman–Crippen MR) is 109 cm³/mol. The Labute approximate surface area is 171 Å². The lowest BCUT2D eigenvalue weighted by Crippen LogP contribution is -2.23. The SMILES string of the molecule is C[C@@H](Oc1c(N)ncc2c(C3=CCN(C)CC3)coc12)c1c(F)ccc(F)c1Cl. The molecule has 0 bridgehead atoms. The summed E-state index contributed by atoms with van der Waals surface area (Å²) in [7, 11) is 2.06. The van der Waals surface area contributed by atoms with Crippen LogP contribution in [0.25, 0.3) is 16.5 Å². The van der Waals surface area contributed by atoms with Gasteiger partial charge >= 0.3 is 0 Å². The molecular formula is C21H20ClF2N3O2. The molecule has 2 N–H and O–H groups in total. The van der Waals surface area contributed by atoms with Gasteiger partial charge in [-0.15, -0.1) is 0 Å². The number of benzene rings is 1. The Morgan fingerprint density at radius 2 is 2.07 bits per heavy atom. The number of rotatable bonds is 4. The Morgan fingerprint density at radius 3 is 2.79 bits per heavy atom. The maximum atomic E-state index is 14.3. The van der Waals surface area contributed by atoms with Crippen LogP contribution in [0.3, 0.4) is 0 Å². The monoisotopic (exact) mass is 419 g/mol. The van der Waals surface area contributed by atoms with Crippen molar-refractivity contribution in [3.63, 3.8) is 0 Å². The number of hydrogen-bond acceptors (Lipinski definition) is 5. The molecule has 152 valence electrons. The standard InChI is InChI=1S/C21H20ClF2N3O2/c1-11(17-15(23)3-4-16(24)18(17)22)29-20-19-13(9-26-21(20)25)14(10-28-19)12-5-7-27(2)8-6-12/h3-5,9-11H,6-8H2,1-2H3,(H2,25,26)/t11-/m1/s1. The Morgan fingerprint density at radius 1 is 1.31 bits per heavy atom. The molecule has 0 fully saturated rings. The summed E-state index contributed by atoms with van der Waals surface area (Å²) >= 11 is 5.96. The fourth-order valence-electron chi connectivity index (χ4n) is 3.51. The summed E-state index contributed by atoms with van der Waals surface area (Å²) < 4.78 is 39.7. The minimum Gasteiger partial charge on any atom is -0.478 e. The summed E-state index contributed by atoms with van der Waals surface area (Å²) in [6.07, 6.45) is 5.40. The molecule has 29 heavy (non-hydrogen) atoms. The minimum atomic E-state index is -0.913. The lowest BCUT2D eigenvalue weighted by atomic mass is 10.00. The van der Waals surface area contributed by atoms with Crippen molar-refractivity contribution < 1.29 is 17.9 Å². The summed E-state index contributed by atoms with van der Waals surface area (Å²) in [6.45, 7) is 3.35. The van der Waals surface area contributed by atoms with Crippen LogP contribution in [0.1, 0.15) is 30.6 Å². The Balaban J connectivity index is 1.73. The molecule has 0 unspecified atom stereocenters. The van der Waals surface area contributed by atoms with E-state index in [1.807, 2.05) is 0 Å². The summed E-state index contributed by atoms with van der Waals surface area (Å²) in [6, 6.07) is 1.98. The first-order valence-electron chi connectivity index (χ1n) is 9.20. The molecule has 4 rings (SSSR count). The molecule has 0 spiro atoms. The van der Waals surface area contributed by atoms with Crippen LogP contribution in [0, 0.1) is 11.6 Å². The number of furan rings is 1. The average Bonchev–Trinajstić information content (AvgIpc) is 3.12. The van der Waals surface area contributed by atoms with Crippen molar-refractivity contribution in [3.05, 3.63) is 58.5 Å². The lowest BCUT2D eigenvalue weighted by Gasteiger charge is -2.21. The van der Waals surface area contributed by atoms with E-state index in [1.165, 1.54) is 0 Å². The molecule has 0 saturated heterocycles. The molecule has 0 amide bonds. The number of nitrogen functional groups attached to an aromatic ring is 1. The molecule has 0 aliphatic carbocycles. The smallest absolute Gasteiger partial charge is 0.205 e. The zero-order valence-electron chi connectivity index (χ0n) is 16.0. The van der Waals surface area contributed by atoms with E-state index in [1.54, 1.807) is 19.4 Å². The van der Waals surface area contributed by atoms with E-state index in [9.17, 15) is 8.78 Å². The third-order valence-corrected chi connectivity index (χ3v) is 5.52. The van der Waals surface area contributed by atoms with E-state index >= 15 is 0 Å². The molecule has 3 aromatic rings. The molecule has 1 aliphatic rings. The molecule has 3 heterocycles. The summed E-state index contributed by atoms with van der Waals surface area (Å²) in [4.78, 5) is 6.43. The van der Waals surface area contributed by atoms with Crippen molar-refractivity contribution in [3.8, 4) is 5.75 Å². The van der Waals surface area contributed by atoms with Crippen LogP contribution >= 0.6 is 11.6 Å². The van der Waals surface area contributed by atoms with Crippen LogP contribution in [-0.2, 0) is 0 Å². The van der Waals surface area contributed by atoms with Crippen LogP contribution in [0.5, 0.6) is 5.75 Å². The summed E-state index contributed by atoms with van der Waals surface area (Å²) in [5, 5.41) is 0.427. The van der Waals surface area contributed by atoms with Gasteiger partial charge in [0.25, 0.3) is 0 Å². The van der Waals surface area contributed by atoms with E-state index < -0.39 is 17.7 Å². The van der Waals surface area contributed by atoms with Gasteiger partial charge in [0.2, 0.25) is 5.75 Å². The number of fused-ring (bicyclic) bond motifs is 1. The Hall–Kier alpha value is -2.64. The van der Waals surface area contributed by atoms with Gasteiger partial charge in [0, 0.05) is 30.4 Å². The second-order valence-corrected chi connectivity index (χ2v) is 7.50. The van der Waals surface area contributed by atoms with E-state index in [2.05, 4.69) is 23.0 Å². The average molecular weight is 420 g/mol. The molecule has 1 atom stereocenters. The lowest BCUT2D eigenvalue weighted by molar-refractivity contribution is 0.221. The van der Waals surface area contributed by atoms with E-state index in [-0.39, 0.29) is 22.2 Å². The van der Waals surface area contributed by atoms with Gasteiger partial charge < -0.3 is 19.8 Å². The highest BCUT2D eigenvalue weighted by Crippen LogP contribution is 2.40. The molecule has 1 aromatic carbocycles. The topological polar surface area (TPSA) is 64.5 Å². The van der Waals surface area contributed by atoms with Crippen molar-refractivity contribution in [2.24, 2.45) is 0 Å². The number of halogens is 3. The van der Waals surface area contributed by atoms with Crippen molar-refractivity contribution in [2.45, 2.75) is 19.4 Å². The van der Waals surface area contributed by atoms with Crippen molar-refractivity contribution in [1.29, 1.82) is 0 Å². The number of anilines is 1. The number of pyridine rings is 1. The molecule has 5 nitrogen and oxygen atoms in total. The summed E-state index contributed by atoms with van der Waals surface area (Å²) in [5.41, 5.74) is 8.41. The second kappa shape index (κ2) is 7.65. The van der Waals surface area contributed by atoms with Gasteiger partial charge in [-0.05, 0) is 38.1 Å². The molecule has 2 aromatic heterocycles. The maximum Gasteiger partial charge on any atom is 0.205 e. The third kappa shape index (κ3) is 3.56. The number of nitrogens with two attached hydrogens (primary N) is 1. The van der Waals surface area contributed by atoms with Crippen molar-refractivity contribution in [1.82, 2.24) is 9.88 Å². The molecule has 0 saturated carbocycles. The van der Waals surface area contributed by atoms with E-state index in [4.69, 9.17) is 26.5 Å². The van der Waals surface area contributed by atoms with Gasteiger partial charge in [-0.25, -0.2) is 13.8 Å². The van der Waals surface area contributed by atoms with E-state index in [0.717, 1.165) is 48.2 Å².